The van der Waals surface area contributed by atoms with Crippen molar-refractivity contribution in [3.63, 3.8) is 0 Å². The molecule has 134 valence electrons. The second-order valence-corrected chi connectivity index (χ2v) is 7.94. The summed E-state index contributed by atoms with van der Waals surface area (Å²) in [5, 5.41) is 11.9. The van der Waals surface area contributed by atoms with Crippen LogP contribution in [0.1, 0.15) is 27.0 Å². The minimum Gasteiger partial charge on any atom is -0.322 e. The number of nitrogens with one attached hydrogen (secondary N) is 1. The summed E-state index contributed by atoms with van der Waals surface area (Å²) < 4.78 is 0.983. The summed E-state index contributed by atoms with van der Waals surface area (Å²) in [6.07, 6.45) is 0. The molecule has 0 saturated carbocycles. The second kappa shape index (κ2) is 8.90. The molecule has 0 aliphatic rings. The van der Waals surface area contributed by atoms with Gasteiger partial charge in [-0.25, -0.2) is 0 Å². The molecule has 1 amide bonds. The molecule has 0 fully saturated rings. The number of amides is 1. The normalized spacial score (nSPS) is 10.3. The van der Waals surface area contributed by atoms with Crippen LogP contribution in [0.5, 0.6) is 0 Å². The number of nitriles is 1. The number of anilines is 1. The molecule has 0 saturated heterocycles. The molecule has 0 atom stereocenters. The third-order valence-electron chi connectivity index (χ3n) is 4.05. The third-order valence-corrected chi connectivity index (χ3v) is 5.68. The van der Waals surface area contributed by atoms with Gasteiger partial charge in [0.1, 0.15) is 0 Å². The van der Waals surface area contributed by atoms with E-state index in [9.17, 15) is 4.79 Å². The lowest BCUT2D eigenvalue weighted by molar-refractivity contribution is 0.102. The first kappa shape index (κ1) is 19.2. The van der Waals surface area contributed by atoms with Crippen LogP contribution in [0.2, 0.25) is 0 Å². The zero-order chi connectivity index (χ0) is 19.2. The van der Waals surface area contributed by atoms with E-state index in [2.05, 4.69) is 27.3 Å². The molecule has 0 unspecified atom stereocenters. The first-order valence-electron chi connectivity index (χ1n) is 8.35. The first-order valence-corrected chi connectivity index (χ1v) is 10.1. The summed E-state index contributed by atoms with van der Waals surface area (Å²) in [7, 11) is 0. The minimum absolute atomic E-state index is 0.122. The van der Waals surface area contributed by atoms with Crippen LogP contribution in [-0.4, -0.2) is 5.91 Å². The Kier molecular flexibility index (Phi) is 6.33. The lowest BCUT2D eigenvalue weighted by atomic mass is 10.1. The fourth-order valence-corrected chi connectivity index (χ4v) is 4.05. The molecule has 3 aromatic carbocycles. The van der Waals surface area contributed by atoms with Crippen LogP contribution in [0.15, 0.2) is 76.1 Å². The molecule has 1 N–H and O–H groups in total. The van der Waals surface area contributed by atoms with E-state index >= 15 is 0 Å². The number of halogens is 1. The fourth-order valence-electron chi connectivity index (χ4n) is 2.57. The summed E-state index contributed by atoms with van der Waals surface area (Å²) in [5.74, 6) is 0.608. The number of nitrogens with zero attached hydrogens (tertiary/aromatic N) is 1. The van der Waals surface area contributed by atoms with Crippen molar-refractivity contribution in [2.75, 3.05) is 5.32 Å². The zero-order valence-electron chi connectivity index (χ0n) is 14.7. The Balaban J connectivity index is 1.74. The standard InChI is InChI=1S/C22H17BrN2OS/c1-15-12-18(23)10-11-20(15)25-22(26)19-4-2-3-5-21(19)27-14-17-8-6-16(13-24)7-9-17/h2-12H,14H2,1H3,(H,25,26). The monoisotopic (exact) mass is 436 g/mol. The van der Waals surface area contributed by atoms with Gasteiger partial charge in [0.2, 0.25) is 0 Å². The van der Waals surface area contributed by atoms with Crippen molar-refractivity contribution in [3.05, 3.63) is 93.5 Å². The van der Waals surface area contributed by atoms with Crippen LogP contribution in [-0.2, 0) is 5.75 Å². The van der Waals surface area contributed by atoms with Crippen molar-refractivity contribution in [2.45, 2.75) is 17.6 Å². The number of benzene rings is 3. The van der Waals surface area contributed by atoms with Gasteiger partial charge in [-0.05, 0) is 60.5 Å². The highest BCUT2D eigenvalue weighted by molar-refractivity contribution is 9.10. The first-order chi connectivity index (χ1) is 13.1. The van der Waals surface area contributed by atoms with E-state index in [0.717, 1.165) is 31.9 Å². The molecule has 27 heavy (non-hydrogen) atoms. The SMILES string of the molecule is Cc1cc(Br)ccc1NC(=O)c1ccccc1SCc1ccc(C#N)cc1. The molecule has 3 rings (SSSR count). The average molecular weight is 437 g/mol. The Morgan fingerprint density at radius 3 is 2.56 bits per heavy atom. The van der Waals surface area contributed by atoms with Crippen molar-refractivity contribution in [2.24, 2.45) is 0 Å². The molecule has 3 aromatic rings. The van der Waals surface area contributed by atoms with Gasteiger partial charge in [0.15, 0.2) is 0 Å². The van der Waals surface area contributed by atoms with Crippen molar-refractivity contribution in [1.29, 1.82) is 5.26 Å². The number of hydrogen-bond donors (Lipinski definition) is 1. The Bertz CT molecular complexity index is 1010. The van der Waals surface area contributed by atoms with Crippen molar-refractivity contribution >= 4 is 39.3 Å². The average Bonchev–Trinajstić information content (AvgIpc) is 2.69. The van der Waals surface area contributed by atoms with Gasteiger partial charge in [-0.3, -0.25) is 4.79 Å². The van der Waals surface area contributed by atoms with Gasteiger partial charge < -0.3 is 5.32 Å². The van der Waals surface area contributed by atoms with Crippen LogP contribution < -0.4 is 5.32 Å². The Labute approximate surface area is 171 Å². The Morgan fingerprint density at radius 1 is 1.11 bits per heavy atom. The zero-order valence-corrected chi connectivity index (χ0v) is 17.1. The summed E-state index contributed by atoms with van der Waals surface area (Å²) >= 11 is 5.04. The lowest BCUT2D eigenvalue weighted by Crippen LogP contribution is -2.13. The van der Waals surface area contributed by atoms with Crippen LogP contribution in [0.3, 0.4) is 0 Å². The Hall–Kier alpha value is -2.55. The number of carbonyl (C=O) groups is 1. The van der Waals surface area contributed by atoms with E-state index in [1.165, 1.54) is 0 Å². The van der Waals surface area contributed by atoms with Crippen LogP contribution in [0, 0.1) is 18.3 Å². The lowest BCUT2D eigenvalue weighted by Gasteiger charge is -2.12. The topological polar surface area (TPSA) is 52.9 Å². The van der Waals surface area contributed by atoms with Crippen molar-refractivity contribution in [1.82, 2.24) is 0 Å². The number of hydrogen-bond acceptors (Lipinski definition) is 3. The third kappa shape index (κ3) is 5.00. The molecule has 0 spiro atoms. The van der Waals surface area contributed by atoms with E-state index < -0.39 is 0 Å². The van der Waals surface area contributed by atoms with Crippen LogP contribution >= 0.6 is 27.7 Å². The molecule has 0 radical (unpaired) electrons. The van der Waals surface area contributed by atoms with Crippen molar-refractivity contribution < 1.29 is 4.79 Å². The highest BCUT2D eigenvalue weighted by Crippen LogP contribution is 2.28. The highest BCUT2D eigenvalue weighted by atomic mass is 79.9. The molecule has 0 bridgehead atoms. The molecule has 0 heterocycles. The summed E-state index contributed by atoms with van der Waals surface area (Å²) in [4.78, 5) is 13.7. The van der Waals surface area contributed by atoms with Gasteiger partial charge in [-0.2, -0.15) is 5.26 Å². The number of thioether (sulfide) groups is 1. The summed E-state index contributed by atoms with van der Waals surface area (Å²) in [6, 6.07) is 23.0. The van der Waals surface area contributed by atoms with E-state index in [-0.39, 0.29) is 5.91 Å². The fraction of sp³-hybridized carbons (Fsp3) is 0.0909. The molecule has 0 aromatic heterocycles. The highest BCUT2D eigenvalue weighted by Gasteiger charge is 2.13. The number of rotatable bonds is 5. The van der Waals surface area contributed by atoms with Crippen molar-refractivity contribution in [3.8, 4) is 6.07 Å². The van der Waals surface area contributed by atoms with Crippen LogP contribution in [0.25, 0.3) is 0 Å². The van der Waals surface area contributed by atoms with Gasteiger partial charge in [-0.1, -0.05) is 40.2 Å². The maximum absolute atomic E-state index is 12.8. The minimum atomic E-state index is -0.122. The van der Waals surface area contributed by atoms with Crippen LogP contribution in [0.4, 0.5) is 5.69 Å². The number of carbonyl (C=O) groups excluding carboxylic acids is 1. The van der Waals surface area contributed by atoms with E-state index in [1.807, 2.05) is 73.7 Å². The largest absolute Gasteiger partial charge is 0.322 e. The summed E-state index contributed by atoms with van der Waals surface area (Å²) in [5.41, 5.74) is 4.21. The maximum atomic E-state index is 12.8. The Morgan fingerprint density at radius 2 is 1.85 bits per heavy atom. The molecule has 3 nitrogen and oxygen atoms in total. The van der Waals surface area contributed by atoms with Gasteiger partial charge in [0.25, 0.3) is 5.91 Å². The molecular formula is C22H17BrN2OS. The summed E-state index contributed by atoms with van der Waals surface area (Å²) in [6.45, 7) is 1.96. The van der Waals surface area contributed by atoms with E-state index in [4.69, 9.17) is 5.26 Å². The predicted molar refractivity (Wildman–Crippen MR) is 114 cm³/mol. The van der Waals surface area contributed by atoms with E-state index in [1.54, 1.807) is 11.8 Å². The van der Waals surface area contributed by atoms with Gasteiger partial charge in [0, 0.05) is 20.8 Å². The molecule has 5 heteroatoms. The van der Waals surface area contributed by atoms with Gasteiger partial charge in [0.05, 0.1) is 17.2 Å². The molecule has 0 aliphatic carbocycles. The molecular weight excluding hydrogens is 420 g/mol. The maximum Gasteiger partial charge on any atom is 0.256 e. The van der Waals surface area contributed by atoms with Gasteiger partial charge in [-0.15, -0.1) is 11.8 Å². The van der Waals surface area contributed by atoms with Gasteiger partial charge >= 0.3 is 0 Å². The predicted octanol–water partition coefficient (Wildman–Crippen LogP) is 6.17. The second-order valence-electron chi connectivity index (χ2n) is 6.01. The number of aryl methyl sites for hydroxylation is 1. The molecule has 0 aliphatic heterocycles. The smallest absolute Gasteiger partial charge is 0.256 e. The quantitative estimate of drug-likeness (QED) is 0.486. The van der Waals surface area contributed by atoms with E-state index in [0.29, 0.717) is 11.1 Å².